The van der Waals surface area contributed by atoms with Gasteiger partial charge in [-0.15, -0.1) is 12.4 Å². The quantitative estimate of drug-likeness (QED) is 0.617. The summed E-state index contributed by atoms with van der Waals surface area (Å²) in [5.41, 5.74) is 10.4. The van der Waals surface area contributed by atoms with Crippen LogP contribution in [0.1, 0.15) is 11.1 Å². The number of nitrogen functional groups attached to an aromatic ring is 1. The van der Waals surface area contributed by atoms with E-state index in [1.165, 1.54) is 0 Å². The first-order chi connectivity index (χ1) is 8.16. The molecule has 3 nitrogen and oxygen atoms in total. The zero-order valence-corrected chi connectivity index (χ0v) is 11.2. The van der Waals surface area contributed by atoms with Gasteiger partial charge in [0.25, 0.3) is 0 Å². The van der Waals surface area contributed by atoms with E-state index < -0.39 is 0 Å². The van der Waals surface area contributed by atoms with Crippen LogP contribution in [0.4, 0.5) is 17.1 Å². The molecule has 94 valence electrons. The molecule has 0 radical (unpaired) electrons. The summed E-state index contributed by atoms with van der Waals surface area (Å²) >= 11 is 0. The molecule has 0 fully saturated rings. The fourth-order valence-corrected chi connectivity index (χ4v) is 1.51. The molecule has 0 aliphatic carbocycles. The van der Waals surface area contributed by atoms with Gasteiger partial charge in [-0.05, 0) is 49.2 Å². The molecule has 18 heavy (non-hydrogen) atoms. The first kappa shape index (κ1) is 14.2. The molecule has 4 heteroatoms. The van der Waals surface area contributed by atoms with Crippen molar-refractivity contribution in [1.29, 1.82) is 0 Å². The van der Waals surface area contributed by atoms with Gasteiger partial charge in [0.2, 0.25) is 0 Å². The lowest BCUT2D eigenvalue weighted by molar-refractivity contribution is 1.20. The molecule has 0 aromatic heterocycles. The molecule has 2 aromatic carbocycles. The van der Waals surface area contributed by atoms with E-state index in [4.69, 9.17) is 5.73 Å². The second kappa shape index (κ2) is 6.17. The highest BCUT2D eigenvalue weighted by atomic mass is 35.5. The Morgan fingerprint density at radius 1 is 0.889 bits per heavy atom. The highest BCUT2D eigenvalue weighted by molar-refractivity contribution is 5.85. The normalized spacial score (nSPS) is 10.3. The van der Waals surface area contributed by atoms with Crippen molar-refractivity contribution < 1.29 is 0 Å². The van der Waals surface area contributed by atoms with Crippen molar-refractivity contribution in [1.82, 2.24) is 0 Å². The van der Waals surface area contributed by atoms with Crippen molar-refractivity contribution >= 4 is 29.5 Å². The number of anilines is 1. The minimum Gasteiger partial charge on any atom is -0.399 e. The van der Waals surface area contributed by atoms with E-state index in [9.17, 15) is 0 Å². The van der Waals surface area contributed by atoms with Crippen LogP contribution in [0.25, 0.3) is 0 Å². The SMILES string of the molecule is Cc1cc(/N=N/c2ccccc2C)ccc1N.Cl. The molecule has 0 spiro atoms. The van der Waals surface area contributed by atoms with Crippen LogP contribution in [0, 0.1) is 13.8 Å². The first-order valence-corrected chi connectivity index (χ1v) is 5.50. The number of nitrogens with zero attached hydrogens (tertiary/aromatic N) is 2. The number of hydrogen-bond acceptors (Lipinski definition) is 3. The summed E-state index contributed by atoms with van der Waals surface area (Å²) in [7, 11) is 0. The summed E-state index contributed by atoms with van der Waals surface area (Å²) in [6, 6.07) is 13.5. The molecule has 0 saturated carbocycles. The highest BCUT2D eigenvalue weighted by Gasteiger charge is 1.96. The molecule has 0 amide bonds. The van der Waals surface area contributed by atoms with E-state index in [1.807, 2.05) is 56.3 Å². The summed E-state index contributed by atoms with van der Waals surface area (Å²) in [4.78, 5) is 0. The van der Waals surface area contributed by atoms with Crippen molar-refractivity contribution in [2.45, 2.75) is 13.8 Å². The zero-order valence-electron chi connectivity index (χ0n) is 10.4. The number of azo groups is 1. The van der Waals surface area contributed by atoms with Crippen molar-refractivity contribution in [3.05, 3.63) is 53.6 Å². The maximum absolute atomic E-state index is 5.75. The van der Waals surface area contributed by atoms with Crippen molar-refractivity contribution in [2.75, 3.05) is 5.73 Å². The first-order valence-electron chi connectivity index (χ1n) is 5.50. The van der Waals surface area contributed by atoms with Crippen LogP contribution in [0.15, 0.2) is 52.7 Å². The molecule has 0 heterocycles. The van der Waals surface area contributed by atoms with Crippen molar-refractivity contribution in [2.24, 2.45) is 10.2 Å². The molecule has 0 atom stereocenters. The van der Waals surface area contributed by atoms with Crippen LogP contribution in [-0.4, -0.2) is 0 Å². The van der Waals surface area contributed by atoms with Crippen molar-refractivity contribution in [3.63, 3.8) is 0 Å². The van der Waals surface area contributed by atoms with Gasteiger partial charge in [0.15, 0.2) is 0 Å². The molecule has 0 bridgehead atoms. The van der Waals surface area contributed by atoms with E-state index in [1.54, 1.807) is 0 Å². The second-order valence-corrected chi connectivity index (χ2v) is 4.03. The van der Waals surface area contributed by atoms with Crippen LogP contribution in [-0.2, 0) is 0 Å². The Labute approximate surface area is 113 Å². The van der Waals surface area contributed by atoms with Gasteiger partial charge >= 0.3 is 0 Å². The minimum absolute atomic E-state index is 0. The zero-order chi connectivity index (χ0) is 12.3. The standard InChI is InChI=1S/C14H15N3.ClH/c1-10-5-3-4-6-14(10)17-16-12-7-8-13(15)11(2)9-12;/h3-9H,15H2,1-2H3;1H/b17-16+;. The molecule has 0 aliphatic heterocycles. The summed E-state index contributed by atoms with van der Waals surface area (Å²) in [6.45, 7) is 3.98. The molecule has 0 saturated heterocycles. The molecular weight excluding hydrogens is 246 g/mol. The Balaban J connectivity index is 0.00000162. The van der Waals surface area contributed by atoms with Crippen LogP contribution in [0.5, 0.6) is 0 Å². The molecule has 2 rings (SSSR count). The van der Waals surface area contributed by atoms with Gasteiger partial charge < -0.3 is 5.73 Å². The smallest absolute Gasteiger partial charge is 0.0886 e. The summed E-state index contributed by atoms with van der Waals surface area (Å²) < 4.78 is 0. The van der Waals surface area contributed by atoms with Crippen LogP contribution in [0.2, 0.25) is 0 Å². The van der Waals surface area contributed by atoms with Crippen LogP contribution >= 0.6 is 12.4 Å². The maximum Gasteiger partial charge on any atom is 0.0886 e. The summed E-state index contributed by atoms with van der Waals surface area (Å²) in [6.07, 6.45) is 0. The Bertz CT molecular complexity index is 565. The lowest BCUT2D eigenvalue weighted by Crippen LogP contribution is -1.87. The van der Waals surface area contributed by atoms with E-state index in [2.05, 4.69) is 10.2 Å². The highest BCUT2D eigenvalue weighted by Crippen LogP contribution is 2.23. The third kappa shape index (κ3) is 3.31. The number of rotatable bonds is 2. The molecule has 0 aliphatic rings. The van der Waals surface area contributed by atoms with Crippen LogP contribution < -0.4 is 5.73 Å². The minimum atomic E-state index is 0. The maximum atomic E-state index is 5.75. The van der Waals surface area contributed by atoms with Gasteiger partial charge in [-0.1, -0.05) is 18.2 Å². The van der Waals surface area contributed by atoms with E-state index >= 15 is 0 Å². The largest absolute Gasteiger partial charge is 0.399 e. The Morgan fingerprint density at radius 3 is 2.28 bits per heavy atom. The molecule has 0 unspecified atom stereocenters. The Morgan fingerprint density at radius 2 is 1.61 bits per heavy atom. The van der Waals surface area contributed by atoms with Gasteiger partial charge in [0, 0.05) is 5.69 Å². The number of halogens is 1. The average molecular weight is 262 g/mol. The molecule has 2 N–H and O–H groups in total. The fourth-order valence-electron chi connectivity index (χ4n) is 1.51. The lowest BCUT2D eigenvalue weighted by Gasteiger charge is -2.00. The number of hydrogen-bond donors (Lipinski definition) is 1. The van der Waals surface area contributed by atoms with Gasteiger partial charge in [-0.2, -0.15) is 10.2 Å². The van der Waals surface area contributed by atoms with Gasteiger partial charge in [-0.3, -0.25) is 0 Å². The summed E-state index contributed by atoms with van der Waals surface area (Å²) in [5.74, 6) is 0. The Kier molecular flexibility index (Phi) is 4.86. The van der Waals surface area contributed by atoms with E-state index in [-0.39, 0.29) is 12.4 Å². The molecule has 2 aromatic rings. The number of aryl methyl sites for hydroxylation is 2. The van der Waals surface area contributed by atoms with E-state index in [0.29, 0.717) is 0 Å². The van der Waals surface area contributed by atoms with E-state index in [0.717, 1.165) is 28.2 Å². The topological polar surface area (TPSA) is 50.7 Å². The Hall–Kier alpha value is -1.87. The van der Waals surface area contributed by atoms with Gasteiger partial charge in [0.05, 0.1) is 11.4 Å². The third-order valence-electron chi connectivity index (χ3n) is 2.64. The predicted octanol–water partition coefficient (Wildman–Crippen LogP) is 4.72. The average Bonchev–Trinajstić information content (AvgIpc) is 2.32. The number of benzene rings is 2. The third-order valence-corrected chi connectivity index (χ3v) is 2.64. The van der Waals surface area contributed by atoms with Crippen molar-refractivity contribution in [3.8, 4) is 0 Å². The van der Waals surface area contributed by atoms with Crippen LogP contribution in [0.3, 0.4) is 0 Å². The second-order valence-electron chi connectivity index (χ2n) is 4.03. The molecular formula is C14H16ClN3. The fraction of sp³-hybridized carbons (Fsp3) is 0.143. The summed E-state index contributed by atoms with van der Waals surface area (Å²) in [5, 5.41) is 8.44. The monoisotopic (exact) mass is 261 g/mol. The van der Waals surface area contributed by atoms with Gasteiger partial charge in [0.1, 0.15) is 0 Å². The number of nitrogens with two attached hydrogens (primary N) is 1. The van der Waals surface area contributed by atoms with Gasteiger partial charge in [-0.25, -0.2) is 0 Å². The predicted molar refractivity (Wildman–Crippen MR) is 78.2 cm³/mol. The lowest BCUT2D eigenvalue weighted by atomic mass is 10.2.